The first-order valence-electron chi connectivity index (χ1n) is 3.02. The largest absolute Gasteiger partial charge is 0.303 e. The normalized spacial score (nSPS) is 12.7. The first-order chi connectivity index (χ1) is 4.16. The highest BCUT2D eigenvalue weighted by atomic mass is 15.4. The third-order valence-electron chi connectivity index (χ3n) is 0.766. The van der Waals surface area contributed by atoms with E-state index in [-0.39, 0.29) is 0 Å². The van der Waals surface area contributed by atoms with Crippen molar-refractivity contribution in [2.24, 2.45) is 5.10 Å². The van der Waals surface area contributed by atoms with Crippen LogP contribution < -0.4 is 0 Å². The molecule has 0 unspecified atom stereocenters. The summed E-state index contributed by atoms with van der Waals surface area (Å²) in [6.07, 6.45) is 3.95. The highest BCUT2D eigenvalue weighted by molar-refractivity contribution is 5.92. The van der Waals surface area contributed by atoms with Gasteiger partial charge >= 0.3 is 0 Å². The van der Waals surface area contributed by atoms with Crippen molar-refractivity contribution in [1.29, 1.82) is 0 Å². The molecule has 0 amide bonds. The Balaban J connectivity index is 3.84. The molecule has 0 saturated heterocycles. The standard InChI is InChI=1S/C7H14N2/c1-5-6-7(2)8-9(3)4/h5-6H,1-4H3/b6-5-,8-7+. The van der Waals surface area contributed by atoms with Gasteiger partial charge in [-0.25, -0.2) is 0 Å². The molecule has 0 N–H and O–H groups in total. The molecule has 0 aromatic rings. The Bertz CT molecular complexity index is 123. The maximum absolute atomic E-state index is 4.13. The second kappa shape index (κ2) is 4.13. The van der Waals surface area contributed by atoms with Crippen molar-refractivity contribution in [3.63, 3.8) is 0 Å². The van der Waals surface area contributed by atoms with Crippen LogP contribution in [0.5, 0.6) is 0 Å². The zero-order chi connectivity index (χ0) is 7.28. The molecule has 0 aromatic heterocycles. The first kappa shape index (κ1) is 8.21. The SMILES string of the molecule is C/C=C\C(C)=N\N(C)C. The van der Waals surface area contributed by atoms with E-state index in [2.05, 4.69) is 5.10 Å². The number of allylic oxidation sites excluding steroid dienone is 2. The second-order valence-electron chi connectivity index (χ2n) is 2.09. The zero-order valence-electron chi connectivity index (χ0n) is 6.55. The average Bonchev–Trinajstić information content (AvgIpc) is 1.63. The van der Waals surface area contributed by atoms with Gasteiger partial charge < -0.3 is 5.01 Å². The van der Waals surface area contributed by atoms with Crippen LogP contribution in [0, 0.1) is 0 Å². The van der Waals surface area contributed by atoms with Crippen LogP contribution in [0.25, 0.3) is 0 Å². The molecule has 0 aliphatic heterocycles. The lowest BCUT2D eigenvalue weighted by atomic mass is 10.4. The van der Waals surface area contributed by atoms with E-state index < -0.39 is 0 Å². The van der Waals surface area contributed by atoms with Crippen LogP contribution in [-0.2, 0) is 0 Å². The summed E-state index contributed by atoms with van der Waals surface area (Å²) in [7, 11) is 3.82. The van der Waals surface area contributed by atoms with E-state index >= 15 is 0 Å². The second-order valence-corrected chi connectivity index (χ2v) is 2.09. The quantitative estimate of drug-likeness (QED) is 0.404. The van der Waals surface area contributed by atoms with Gasteiger partial charge in [-0.2, -0.15) is 5.10 Å². The molecule has 0 radical (unpaired) electrons. The molecule has 2 heteroatoms. The van der Waals surface area contributed by atoms with Crippen LogP contribution in [-0.4, -0.2) is 24.8 Å². The van der Waals surface area contributed by atoms with Gasteiger partial charge in [-0.1, -0.05) is 6.08 Å². The molecule has 0 aromatic carbocycles. The highest BCUT2D eigenvalue weighted by Gasteiger charge is 1.81. The molecule has 0 bridgehead atoms. The van der Waals surface area contributed by atoms with Crippen LogP contribution in [0.15, 0.2) is 17.3 Å². The minimum absolute atomic E-state index is 1.03. The van der Waals surface area contributed by atoms with Gasteiger partial charge in [-0.05, 0) is 19.9 Å². The van der Waals surface area contributed by atoms with Crippen LogP contribution in [0.1, 0.15) is 13.8 Å². The van der Waals surface area contributed by atoms with E-state index in [1.54, 1.807) is 5.01 Å². The Kier molecular flexibility index (Phi) is 3.76. The summed E-state index contributed by atoms with van der Waals surface area (Å²) in [4.78, 5) is 0. The Morgan fingerprint density at radius 2 is 2.00 bits per heavy atom. The fraction of sp³-hybridized carbons (Fsp3) is 0.571. The van der Waals surface area contributed by atoms with E-state index in [4.69, 9.17) is 0 Å². The van der Waals surface area contributed by atoms with Crippen molar-refractivity contribution in [2.75, 3.05) is 14.1 Å². The maximum Gasteiger partial charge on any atom is 0.0571 e. The van der Waals surface area contributed by atoms with Gasteiger partial charge in [0.05, 0.1) is 5.71 Å². The summed E-state index contributed by atoms with van der Waals surface area (Å²) in [6.45, 7) is 3.95. The van der Waals surface area contributed by atoms with Crippen molar-refractivity contribution in [3.05, 3.63) is 12.2 Å². The average molecular weight is 126 g/mol. The van der Waals surface area contributed by atoms with Gasteiger partial charge in [-0.15, -0.1) is 0 Å². The molecule has 0 saturated carbocycles. The van der Waals surface area contributed by atoms with Gasteiger partial charge in [0.2, 0.25) is 0 Å². The van der Waals surface area contributed by atoms with Crippen LogP contribution in [0.4, 0.5) is 0 Å². The summed E-state index contributed by atoms with van der Waals surface area (Å²) < 4.78 is 0. The lowest BCUT2D eigenvalue weighted by molar-refractivity contribution is 0.438. The molecular weight excluding hydrogens is 112 g/mol. The van der Waals surface area contributed by atoms with Gasteiger partial charge in [-0.3, -0.25) is 0 Å². The Labute approximate surface area is 56.9 Å². The van der Waals surface area contributed by atoms with Gasteiger partial charge in [0.1, 0.15) is 0 Å². The molecular formula is C7H14N2. The number of rotatable bonds is 2. The fourth-order valence-electron chi connectivity index (χ4n) is 0.590. The fourth-order valence-corrected chi connectivity index (χ4v) is 0.590. The minimum Gasteiger partial charge on any atom is -0.303 e. The molecule has 0 spiro atoms. The Morgan fingerprint density at radius 1 is 1.44 bits per heavy atom. The number of hydrogen-bond acceptors (Lipinski definition) is 2. The molecule has 9 heavy (non-hydrogen) atoms. The zero-order valence-corrected chi connectivity index (χ0v) is 6.55. The van der Waals surface area contributed by atoms with Gasteiger partial charge in [0.25, 0.3) is 0 Å². The van der Waals surface area contributed by atoms with Crippen molar-refractivity contribution in [3.8, 4) is 0 Å². The van der Waals surface area contributed by atoms with Gasteiger partial charge in [0.15, 0.2) is 0 Å². The molecule has 0 aliphatic carbocycles. The van der Waals surface area contributed by atoms with E-state index in [0.29, 0.717) is 0 Å². The molecule has 0 fully saturated rings. The molecule has 0 aliphatic rings. The smallest absolute Gasteiger partial charge is 0.0571 e. The summed E-state index contributed by atoms with van der Waals surface area (Å²) in [5.41, 5.74) is 1.03. The molecule has 52 valence electrons. The predicted octanol–water partition coefficient (Wildman–Crippen LogP) is 1.50. The molecule has 2 nitrogen and oxygen atoms in total. The predicted molar refractivity (Wildman–Crippen MR) is 41.6 cm³/mol. The first-order valence-corrected chi connectivity index (χ1v) is 3.02. The highest BCUT2D eigenvalue weighted by Crippen LogP contribution is 1.82. The third-order valence-corrected chi connectivity index (χ3v) is 0.766. The summed E-state index contributed by atoms with van der Waals surface area (Å²) in [6, 6.07) is 0. The number of hydrogen-bond donors (Lipinski definition) is 0. The monoisotopic (exact) mass is 126 g/mol. The van der Waals surface area contributed by atoms with Crippen LogP contribution in [0.3, 0.4) is 0 Å². The van der Waals surface area contributed by atoms with Crippen LogP contribution in [0.2, 0.25) is 0 Å². The van der Waals surface area contributed by atoms with Crippen molar-refractivity contribution < 1.29 is 0 Å². The van der Waals surface area contributed by atoms with Crippen molar-refractivity contribution in [2.45, 2.75) is 13.8 Å². The molecule has 0 heterocycles. The molecule has 0 atom stereocenters. The molecule has 0 rings (SSSR count). The maximum atomic E-state index is 4.13. The van der Waals surface area contributed by atoms with E-state index in [0.717, 1.165) is 5.71 Å². The van der Waals surface area contributed by atoms with Crippen LogP contribution >= 0.6 is 0 Å². The van der Waals surface area contributed by atoms with Gasteiger partial charge in [0, 0.05) is 14.1 Å². The number of nitrogens with zero attached hydrogens (tertiary/aromatic N) is 2. The van der Waals surface area contributed by atoms with E-state index in [1.807, 2.05) is 40.1 Å². The lowest BCUT2D eigenvalue weighted by Crippen LogP contribution is -2.04. The topological polar surface area (TPSA) is 15.6 Å². The number of hydrazone groups is 1. The Hall–Kier alpha value is -0.790. The summed E-state index contributed by atoms with van der Waals surface area (Å²) >= 11 is 0. The summed E-state index contributed by atoms with van der Waals surface area (Å²) in [5, 5.41) is 5.92. The van der Waals surface area contributed by atoms with E-state index in [9.17, 15) is 0 Å². The van der Waals surface area contributed by atoms with E-state index in [1.165, 1.54) is 0 Å². The Morgan fingerprint density at radius 3 is 2.33 bits per heavy atom. The van der Waals surface area contributed by atoms with Crippen molar-refractivity contribution in [1.82, 2.24) is 5.01 Å². The third kappa shape index (κ3) is 5.07. The lowest BCUT2D eigenvalue weighted by Gasteiger charge is -2.03. The summed E-state index contributed by atoms with van der Waals surface area (Å²) in [5.74, 6) is 0. The minimum atomic E-state index is 1.03. The van der Waals surface area contributed by atoms with Crippen molar-refractivity contribution >= 4 is 5.71 Å².